The number of hydrogen-bond donors (Lipinski definition) is 1. The highest BCUT2D eigenvalue weighted by atomic mass is 35.5. The molecule has 0 saturated heterocycles. The molecule has 4 unspecified atom stereocenters. The van der Waals surface area contributed by atoms with E-state index in [0.29, 0.717) is 29.7 Å². The molecule has 0 aromatic carbocycles. The average molecular weight is 256 g/mol. The third-order valence-corrected chi connectivity index (χ3v) is 5.54. The van der Waals surface area contributed by atoms with Gasteiger partial charge in [0.05, 0.1) is 0 Å². The molecule has 3 rings (SSSR count). The first-order valence-electron chi connectivity index (χ1n) is 7.17. The largest absolute Gasteiger partial charge is 0.353 e. The van der Waals surface area contributed by atoms with Crippen molar-refractivity contribution in [3.63, 3.8) is 0 Å². The van der Waals surface area contributed by atoms with Crippen molar-refractivity contribution in [2.45, 2.75) is 51.0 Å². The van der Waals surface area contributed by atoms with Crippen LogP contribution in [0.15, 0.2) is 0 Å². The van der Waals surface area contributed by atoms with E-state index < -0.39 is 0 Å². The molecular weight excluding hydrogens is 234 g/mol. The molecule has 3 aliphatic carbocycles. The first-order valence-corrected chi connectivity index (χ1v) is 7.71. The molecule has 0 aromatic rings. The van der Waals surface area contributed by atoms with Gasteiger partial charge in [-0.2, -0.15) is 0 Å². The third-order valence-electron chi connectivity index (χ3n) is 5.14. The molecule has 96 valence electrons. The molecule has 3 aliphatic rings. The van der Waals surface area contributed by atoms with Gasteiger partial charge < -0.3 is 5.32 Å². The Kier molecular flexibility index (Phi) is 3.34. The maximum absolute atomic E-state index is 12.2. The fourth-order valence-corrected chi connectivity index (χ4v) is 4.44. The molecule has 2 nitrogen and oxygen atoms in total. The van der Waals surface area contributed by atoms with Gasteiger partial charge in [0.25, 0.3) is 0 Å². The van der Waals surface area contributed by atoms with Gasteiger partial charge in [0.1, 0.15) is 0 Å². The van der Waals surface area contributed by atoms with Crippen LogP contribution in [0.25, 0.3) is 0 Å². The Morgan fingerprint density at radius 1 is 1.06 bits per heavy atom. The SMILES string of the molecule is O=C(NC1CCCCC1CCl)C1C2CCCC21. The number of fused-ring (bicyclic) bond motifs is 1. The first-order chi connectivity index (χ1) is 8.31. The van der Waals surface area contributed by atoms with E-state index in [1.165, 1.54) is 38.5 Å². The second kappa shape index (κ2) is 4.79. The summed E-state index contributed by atoms with van der Waals surface area (Å²) in [5, 5.41) is 3.29. The van der Waals surface area contributed by atoms with E-state index in [1.807, 2.05) is 0 Å². The van der Waals surface area contributed by atoms with Crippen molar-refractivity contribution in [3.05, 3.63) is 0 Å². The van der Waals surface area contributed by atoms with Gasteiger partial charge in [0, 0.05) is 17.8 Å². The number of carbonyl (C=O) groups excluding carboxylic acids is 1. The maximum Gasteiger partial charge on any atom is 0.223 e. The Hall–Kier alpha value is -0.240. The van der Waals surface area contributed by atoms with Crippen LogP contribution in [-0.4, -0.2) is 17.8 Å². The predicted molar refractivity (Wildman–Crippen MR) is 68.9 cm³/mol. The quantitative estimate of drug-likeness (QED) is 0.772. The number of alkyl halides is 1. The molecule has 0 bridgehead atoms. The summed E-state index contributed by atoms with van der Waals surface area (Å²) in [6.45, 7) is 0. The highest BCUT2D eigenvalue weighted by molar-refractivity contribution is 6.18. The summed E-state index contributed by atoms with van der Waals surface area (Å²) < 4.78 is 0. The van der Waals surface area contributed by atoms with Crippen LogP contribution in [0, 0.1) is 23.7 Å². The highest BCUT2D eigenvalue weighted by Gasteiger charge is 2.56. The van der Waals surface area contributed by atoms with Crippen molar-refractivity contribution in [3.8, 4) is 0 Å². The van der Waals surface area contributed by atoms with Crippen LogP contribution in [0.2, 0.25) is 0 Å². The van der Waals surface area contributed by atoms with Crippen LogP contribution in [0.4, 0.5) is 0 Å². The van der Waals surface area contributed by atoms with E-state index in [1.54, 1.807) is 0 Å². The van der Waals surface area contributed by atoms with Crippen LogP contribution in [0.1, 0.15) is 44.9 Å². The minimum Gasteiger partial charge on any atom is -0.353 e. The minimum absolute atomic E-state index is 0.335. The topological polar surface area (TPSA) is 29.1 Å². The van der Waals surface area contributed by atoms with Crippen molar-refractivity contribution in [1.29, 1.82) is 0 Å². The monoisotopic (exact) mass is 255 g/mol. The maximum atomic E-state index is 12.2. The number of carbonyl (C=O) groups is 1. The Morgan fingerprint density at radius 2 is 1.76 bits per heavy atom. The number of amides is 1. The van der Waals surface area contributed by atoms with Gasteiger partial charge in [-0.25, -0.2) is 0 Å². The molecule has 4 atom stereocenters. The number of halogens is 1. The summed E-state index contributed by atoms with van der Waals surface area (Å²) in [6.07, 6.45) is 8.75. The Balaban J connectivity index is 1.53. The van der Waals surface area contributed by atoms with E-state index in [4.69, 9.17) is 11.6 Å². The Morgan fingerprint density at radius 3 is 2.47 bits per heavy atom. The lowest BCUT2D eigenvalue weighted by Gasteiger charge is -2.31. The highest BCUT2D eigenvalue weighted by Crippen LogP contribution is 2.57. The van der Waals surface area contributed by atoms with Crippen LogP contribution < -0.4 is 5.32 Å². The Bertz CT molecular complexity index is 297. The second-order valence-corrected chi connectivity index (χ2v) is 6.41. The molecule has 3 heteroatoms. The van der Waals surface area contributed by atoms with Gasteiger partial charge in [-0.1, -0.05) is 19.3 Å². The summed E-state index contributed by atoms with van der Waals surface area (Å²) >= 11 is 6.00. The van der Waals surface area contributed by atoms with Gasteiger partial charge >= 0.3 is 0 Å². The van der Waals surface area contributed by atoms with Crippen LogP contribution in [0.5, 0.6) is 0 Å². The van der Waals surface area contributed by atoms with Crippen LogP contribution in [0.3, 0.4) is 0 Å². The lowest BCUT2D eigenvalue weighted by atomic mass is 9.85. The van der Waals surface area contributed by atoms with Gasteiger partial charge in [-0.3, -0.25) is 4.79 Å². The summed E-state index contributed by atoms with van der Waals surface area (Å²) in [5.41, 5.74) is 0. The van der Waals surface area contributed by atoms with E-state index in [-0.39, 0.29) is 0 Å². The molecule has 0 aliphatic heterocycles. The lowest BCUT2D eigenvalue weighted by Crippen LogP contribution is -2.43. The van der Waals surface area contributed by atoms with Gasteiger partial charge in [-0.05, 0) is 43.4 Å². The Labute approximate surface area is 108 Å². The van der Waals surface area contributed by atoms with E-state index in [9.17, 15) is 4.79 Å². The summed E-state index contributed by atoms with van der Waals surface area (Å²) in [7, 11) is 0. The zero-order chi connectivity index (χ0) is 11.8. The van der Waals surface area contributed by atoms with Gasteiger partial charge in [-0.15, -0.1) is 11.6 Å². The molecule has 3 saturated carbocycles. The number of nitrogens with one attached hydrogen (secondary N) is 1. The minimum atomic E-state index is 0.335. The molecule has 3 fully saturated rings. The second-order valence-electron chi connectivity index (χ2n) is 6.10. The number of hydrogen-bond acceptors (Lipinski definition) is 1. The molecule has 0 heterocycles. The van der Waals surface area contributed by atoms with Gasteiger partial charge in [0.15, 0.2) is 0 Å². The smallest absolute Gasteiger partial charge is 0.223 e. The lowest BCUT2D eigenvalue weighted by molar-refractivity contribution is -0.124. The molecular formula is C14H22ClNO. The van der Waals surface area contributed by atoms with Crippen LogP contribution in [-0.2, 0) is 4.79 Å². The van der Waals surface area contributed by atoms with Crippen molar-refractivity contribution in [1.82, 2.24) is 5.32 Å². The van der Waals surface area contributed by atoms with E-state index >= 15 is 0 Å². The van der Waals surface area contributed by atoms with E-state index in [0.717, 1.165) is 18.3 Å². The summed E-state index contributed by atoms with van der Waals surface area (Å²) in [5.74, 6) is 3.36. The fraction of sp³-hybridized carbons (Fsp3) is 0.929. The fourth-order valence-electron chi connectivity index (χ4n) is 4.07. The predicted octanol–water partition coefficient (Wildman–Crippen LogP) is 2.95. The zero-order valence-corrected chi connectivity index (χ0v) is 11.1. The molecule has 0 radical (unpaired) electrons. The normalized spacial score (nSPS) is 44.2. The van der Waals surface area contributed by atoms with Crippen molar-refractivity contribution >= 4 is 17.5 Å². The summed E-state index contributed by atoms with van der Waals surface area (Å²) in [6, 6.07) is 0.357. The molecule has 1 N–H and O–H groups in total. The summed E-state index contributed by atoms with van der Waals surface area (Å²) in [4.78, 5) is 12.2. The molecule has 0 spiro atoms. The standard InChI is InChI=1S/C14H22ClNO/c15-8-9-4-1-2-7-12(9)16-14(17)13-10-5-3-6-11(10)13/h9-13H,1-8H2,(H,16,17). The first kappa shape index (κ1) is 11.8. The van der Waals surface area contributed by atoms with Crippen molar-refractivity contribution in [2.24, 2.45) is 23.7 Å². The van der Waals surface area contributed by atoms with Crippen molar-refractivity contribution < 1.29 is 4.79 Å². The molecule has 1 amide bonds. The average Bonchev–Trinajstić information content (AvgIpc) is 2.84. The molecule has 17 heavy (non-hydrogen) atoms. The van der Waals surface area contributed by atoms with Crippen LogP contribution >= 0.6 is 11.6 Å². The number of rotatable bonds is 3. The van der Waals surface area contributed by atoms with Crippen molar-refractivity contribution in [2.75, 3.05) is 5.88 Å². The van der Waals surface area contributed by atoms with Gasteiger partial charge in [0.2, 0.25) is 5.91 Å². The molecule has 0 aromatic heterocycles. The van der Waals surface area contributed by atoms with E-state index in [2.05, 4.69) is 5.32 Å². The third kappa shape index (κ3) is 2.21. The zero-order valence-electron chi connectivity index (χ0n) is 10.3.